The number of hydrogen-bond acceptors (Lipinski definition) is 4. The van der Waals surface area contributed by atoms with Crippen LogP contribution in [-0.2, 0) is 0 Å². The Bertz CT molecular complexity index is 667. The SMILES string of the molecule is Cc1nccc(-c2cccc([N+](=O)[O-])c2)c1C(=O)O. The molecule has 6 nitrogen and oxygen atoms in total. The minimum absolute atomic E-state index is 0.0583. The number of carbonyl (C=O) groups is 1. The molecule has 2 rings (SSSR count). The van der Waals surface area contributed by atoms with Crippen LogP contribution in [0.3, 0.4) is 0 Å². The van der Waals surface area contributed by atoms with Crippen molar-refractivity contribution >= 4 is 11.7 Å². The molecule has 0 atom stereocenters. The van der Waals surface area contributed by atoms with Crippen LogP contribution in [0.5, 0.6) is 0 Å². The third-order valence-electron chi connectivity index (χ3n) is 2.72. The van der Waals surface area contributed by atoms with Gasteiger partial charge in [0.1, 0.15) is 0 Å². The lowest BCUT2D eigenvalue weighted by Gasteiger charge is -2.08. The molecule has 0 saturated heterocycles. The maximum absolute atomic E-state index is 11.3. The summed E-state index contributed by atoms with van der Waals surface area (Å²) in [6, 6.07) is 7.40. The van der Waals surface area contributed by atoms with Crippen molar-refractivity contribution in [3.8, 4) is 11.1 Å². The number of nitro groups is 1. The van der Waals surface area contributed by atoms with Gasteiger partial charge in [-0.2, -0.15) is 0 Å². The van der Waals surface area contributed by atoms with Gasteiger partial charge in [-0.05, 0) is 24.1 Å². The fourth-order valence-electron chi connectivity index (χ4n) is 1.86. The molecule has 1 heterocycles. The number of hydrogen-bond donors (Lipinski definition) is 1. The average Bonchev–Trinajstić information content (AvgIpc) is 2.38. The lowest BCUT2D eigenvalue weighted by Crippen LogP contribution is -2.04. The van der Waals surface area contributed by atoms with Crippen molar-refractivity contribution in [1.82, 2.24) is 4.98 Å². The zero-order valence-corrected chi connectivity index (χ0v) is 10.0. The molecule has 0 spiro atoms. The van der Waals surface area contributed by atoms with Crippen molar-refractivity contribution < 1.29 is 14.8 Å². The van der Waals surface area contributed by atoms with E-state index >= 15 is 0 Å². The summed E-state index contributed by atoms with van der Waals surface area (Å²) in [5.74, 6) is -1.10. The summed E-state index contributed by atoms with van der Waals surface area (Å²) in [6.07, 6.45) is 1.48. The number of pyridine rings is 1. The largest absolute Gasteiger partial charge is 0.478 e. The van der Waals surface area contributed by atoms with Gasteiger partial charge in [-0.3, -0.25) is 15.1 Å². The van der Waals surface area contributed by atoms with Crippen LogP contribution in [0, 0.1) is 17.0 Å². The zero-order chi connectivity index (χ0) is 14.0. The highest BCUT2D eigenvalue weighted by Crippen LogP contribution is 2.27. The molecule has 96 valence electrons. The maximum Gasteiger partial charge on any atom is 0.338 e. The topological polar surface area (TPSA) is 93.3 Å². The molecule has 0 bridgehead atoms. The van der Waals surface area contributed by atoms with Gasteiger partial charge in [-0.1, -0.05) is 12.1 Å². The normalized spacial score (nSPS) is 10.2. The summed E-state index contributed by atoms with van der Waals surface area (Å²) in [6.45, 7) is 1.59. The number of carboxylic acids is 1. The summed E-state index contributed by atoms with van der Waals surface area (Å²) < 4.78 is 0. The Morgan fingerprint density at radius 2 is 2.11 bits per heavy atom. The summed E-state index contributed by atoms with van der Waals surface area (Å²) in [5.41, 5.74) is 1.25. The number of benzene rings is 1. The summed E-state index contributed by atoms with van der Waals surface area (Å²) in [5, 5.41) is 20.0. The minimum Gasteiger partial charge on any atom is -0.478 e. The Morgan fingerprint density at radius 3 is 2.74 bits per heavy atom. The van der Waals surface area contributed by atoms with E-state index in [0.29, 0.717) is 16.8 Å². The summed E-state index contributed by atoms with van der Waals surface area (Å²) in [4.78, 5) is 25.4. The van der Waals surface area contributed by atoms with Crippen molar-refractivity contribution in [1.29, 1.82) is 0 Å². The van der Waals surface area contributed by atoms with Crippen molar-refractivity contribution in [2.75, 3.05) is 0 Å². The molecule has 0 aliphatic carbocycles. The van der Waals surface area contributed by atoms with Crippen LogP contribution in [0.25, 0.3) is 11.1 Å². The molecule has 19 heavy (non-hydrogen) atoms. The predicted octanol–water partition coefficient (Wildman–Crippen LogP) is 2.66. The number of aryl methyl sites for hydroxylation is 1. The zero-order valence-electron chi connectivity index (χ0n) is 10.0. The monoisotopic (exact) mass is 258 g/mol. The highest BCUT2D eigenvalue weighted by molar-refractivity contribution is 5.97. The second-order valence-electron chi connectivity index (χ2n) is 3.93. The van der Waals surface area contributed by atoms with Crippen LogP contribution in [0.4, 0.5) is 5.69 Å². The summed E-state index contributed by atoms with van der Waals surface area (Å²) >= 11 is 0. The Balaban J connectivity index is 2.65. The molecule has 0 amide bonds. The molecule has 0 saturated carbocycles. The first-order chi connectivity index (χ1) is 9.00. The lowest BCUT2D eigenvalue weighted by molar-refractivity contribution is -0.384. The Morgan fingerprint density at radius 1 is 1.37 bits per heavy atom. The standard InChI is InChI=1S/C13H10N2O4/c1-8-12(13(16)17)11(5-6-14-8)9-3-2-4-10(7-9)15(18)19/h2-7H,1H3,(H,16,17). The number of non-ortho nitro benzene ring substituents is 1. The third-order valence-corrected chi connectivity index (χ3v) is 2.72. The summed E-state index contributed by atoms with van der Waals surface area (Å²) in [7, 11) is 0. The number of rotatable bonds is 3. The Labute approximate surface area is 108 Å². The van der Waals surface area contributed by atoms with Crippen LogP contribution >= 0.6 is 0 Å². The van der Waals surface area contributed by atoms with Crippen LogP contribution in [0.1, 0.15) is 16.1 Å². The van der Waals surface area contributed by atoms with Gasteiger partial charge in [-0.15, -0.1) is 0 Å². The molecule has 0 radical (unpaired) electrons. The van der Waals surface area contributed by atoms with E-state index in [1.165, 1.54) is 30.5 Å². The quantitative estimate of drug-likeness (QED) is 0.674. The lowest BCUT2D eigenvalue weighted by atomic mass is 9.99. The van der Waals surface area contributed by atoms with Gasteiger partial charge in [0.25, 0.3) is 5.69 Å². The highest BCUT2D eigenvalue weighted by Gasteiger charge is 2.17. The van der Waals surface area contributed by atoms with Crippen LogP contribution in [0.2, 0.25) is 0 Å². The van der Waals surface area contributed by atoms with E-state index in [2.05, 4.69) is 4.98 Å². The second kappa shape index (κ2) is 4.85. The van der Waals surface area contributed by atoms with Gasteiger partial charge in [0.15, 0.2) is 0 Å². The highest BCUT2D eigenvalue weighted by atomic mass is 16.6. The van der Waals surface area contributed by atoms with Crippen LogP contribution < -0.4 is 0 Å². The fraction of sp³-hybridized carbons (Fsp3) is 0.0769. The molecular formula is C13H10N2O4. The molecule has 1 aromatic heterocycles. The first-order valence-corrected chi connectivity index (χ1v) is 5.44. The molecule has 1 N–H and O–H groups in total. The van der Waals surface area contributed by atoms with Crippen molar-refractivity contribution in [3.05, 3.63) is 57.9 Å². The van der Waals surface area contributed by atoms with E-state index in [9.17, 15) is 20.0 Å². The van der Waals surface area contributed by atoms with Crippen molar-refractivity contribution in [2.24, 2.45) is 0 Å². The number of aromatic nitrogens is 1. The molecular weight excluding hydrogens is 248 g/mol. The third kappa shape index (κ3) is 2.42. The van der Waals surface area contributed by atoms with E-state index in [0.717, 1.165) is 0 Å². The molecule has 0 aliphatic rings. The van der Waals surface area contributed by atoms with Crippen molar-refractivity contribution in [3.63, 3.8) is 0 Å². The molecule has 1 aromatic carbocycles. The van der Waals surface area contributed by atoms with E-state index in [1.54, 1.807) is 13.0 Å². The number of aromatic carboxylic acids is 1. The van der Waals surface area contributed by atoms with Gasteiger partial charge in [0.05, 0.1) is 16.2 Å². The van der Waals surface area contributed by atoms with Gasteiger partial charge in [0.2, 0.25) is 0 Å². The van der Waals surface area contributed by atoms with Gasteiger partial charge < -0.3 is 5.11 Å². The smallest absolute Gasteiger partial charge is 0.338 e. The Kier molecular flexibility index (Phi) is 3.24. The van der Waals surface area contributed by atoms with Gasteiger partial charge in [-0.25, -0.2) is 4.79 Å². The maximum atomic E-state index is 11.3. The number of carboxylic acid groups (broad SMARTS) is 1. The van der Waals surface area contributed by atoms with E-state index in [-0.39, 0.29) is 11.3 Å². The first kappa shape index (κ1) is 12.7. The second-order valence-corrected chi connectivity index (χ2v) is 3.93. The predicted molar refractivity (Wildman–Crippen MR) is 68.0 cm³/mol. The van der Waals surface area contributed by atoms with Crippen LogP contribution in [0.15, 0.2) is 36.5 Å². The van der Waals surface area contributed by atoms with Gasteiger partial charge >= 0.3 is 5.97 Å². The molecule has 6 heteroatoms. The van der Waals surface area contributed by atoms with Gasteiger partial charge in [0, 0.05) is 18.3 Å². The fourth-order valence-corrected chi connectivity index (χ4v) is 1.86. The van der Waals surface area contributed by atoms with E-state index in [1.807, 2.05) is 0 Å². The van der Waals surface area contributed by atoms with E-state index in [4.69, 9.17) is 0 Å². The molecule has 2 aromatic rings. The van der Waals surface area contributed by atoms with Crippen LogP contribution in [-0.4, -0.2) is 21.0 Å². The Hall–Kier alpha value is -2.76. The minimum atomic E-state index is -1.10. The molecule has 0 fully saturated rings. The number of nitrogens with zero attached hydrogens (tertiary/aromatic N) is 2. The van der Waals surface area contributed by atoms with Crippen molar-refractivity contribution in [2.45, 2.75) is 6.92 Å². The molecule has 0 unspecified atom stereocenters. The van der Waals surface area contributed by atoms with E-state index < -0.39 is 10.9 Å². The number of nitro benzene ring substituents is 1. The average molecular weight is 258 g/mol. The molecule has 0 aliphatic heterocycles. The first-order valence-electron chi connectivity index (χ1n) is 5.44.